The lowest BCUT2D eigenvalue weighted by molar-refractivity contribution is -0.154. The summed E-state index contributed by atoms with van der Waals surface area (Å²) in [4.78, 5) is 26.1. The Morgan fingerprint density at radius 3 is 1.62 bits per heavy atom. The predicted molar refractivity (Wildman–Crippen MR) is 167 cm³/mol. The third kappa shape index (κ3) is 5.52. The van der Waals surface area contributed by atoms with Gasteiger partial charge in [-0.2, -0.15) is 0 Å². The molecule has 0 bridgehead atoms. The molecule has 4 atom stereocenters. The second-order valence-corrected chi connectivity index (χ2v) is 11.6. The van der Waals surface area contributed by atoms with Crippen molar-refractivity contribution >= 4 is 19.3 Å². The number of fused-ring (bicyclic) bond motifs is 6. The lowest BCUT2D eigenvalue weighted by atomic mass is 9.60. The molecular formula is C36H32BO8. The van der Waals surface area contributed by atoms with E-state index < -0.39 is 42.8 Å². The molecule has 0 amide bonds. The van der Waals surface area contributed by atoms with Gasteiger partial charge in [0, 0.05) is 24.3 Å². The number of aliphatic hydroxyl groups excluding tert-OH is 2. The van der Waals surface area contributed by atoms with Crippen LogP contribution < -0.4 is 0 Å². The summed E-state index contributed by atoms with van der Waals surface area (Å²) < 4.78 is 22.5. The molecule has 9 heteroatoms. The highest BCUT2D eigenvalue weighted by atomic mass is 16.7. The van der Waals surface area contributed by atoms with Gasteiger partial charge in [0.15, 0.2) is 0 Å². The molecule has 0 spiro atoms. The van der Waals surface area contributed by atoms with E-state index >= 15 is 0 Å². The molecule has 8 nitrogen and oxygen atoms in total. The zero-order chi connectivity index (χ0) is 30.9. The number of ether oxygens (including phenoxy) is 4. The standard InChI is InChI=1S/C36H32BO8/c38-17-32-33(39)34(45-36(41)44-19-30-27-15-7-3-11-23(27)24-12-4-8-16-28(24)30)31(20-42-32)37-35(40)43-18-29-25-13-5-1-9-21(25)22-10-2-6-14-26(22)29/h1-16,29-34,38-39H,17-20H2/t31?,32?,33?,34-/m1/s1. The van der Waals surface area contributed by atoms with Crippen molar-refractivity contribution in [3.8, 4) is 22.3 Å². The van der Waals surface area contributed by atoms with E-state index in [1.54, 1.807) is 0 Å². The van der Waals surface area contributed by atoms with Gasteiger partial charge in [-0.3, -0.25) is 4.79 Å². The Kier molecular flexibility index (Phi) is 8.15. The number of carbonyl (C=O) groups excluding carboxylic acids is 2. The molecule has 2 N–H and O–H groups in total. The first-order valence-corrected chi connectivity index (χ1v) is 15.2. The van der Waals surface area contributed by atoms with Crippen LogP contribution in [0.2, 0.25) is 5.82 Å². The molecule has 4 aromatic rings. The highest BCUT2D eigenvalue weighted by Gasteiger charge is 2.44. The first kappa shape index (κ1) is 29.3. The largest absolute Gasteiger partial charge is 0.508 e. The number of aliphatic hydroxyl groups is 2. The maximum absolute atomic E-state index is 13.1. The van der Waals surface area contributed by atoms with E-state index in [1.165, 1.54) is 7.28 Å². The van der Waals surface area contributed by atoms with Gasteiger partial charge in [0.1, 0.15) is 31.5 Å². The molecule has 1 fully saturated rings. The maximum atomic E-state index is 13.1. The first-order chi connectivity index (χ1) is 22.0. The van der Waals surface area contributed by atoms with E-state index in [0.29, 0.717) is 0 Å². The Labute approximate surface area is 261 Å². The molecule has 1 saturated heterocycles. The average Bonchev–Trinajstić information content (AvgIpc) is 3.57. The molecule has 3 unspecified atom stereocenters. The third-order valence-electron chi connectivity index (χ3n) is 9.09. The molecule has 45 heavy (non-hydrogen) atoms. The van der Waals surface area contributed by atoms with Gasteiger partial charge in [-0.1, -0.05) is 97.1 Å². The highest BCUT2D eigenvalue weighted by molar-refractivity contribution is 6.73. The molecular weight excluding hydrogens is 571 g/mol. The van der Waals surface area contributed by atoms with Crippen LogP contribution in [0.15, 0.2) is 97.1 Å². The van der Waals surface area contributed by atoms with Gasteiger partial charge in [-0.05, 0) is 44.5 Å². The van der Waals surface area contributed by atoms with Crippen molar-refractivity contribution < 1.29 is 38.7 Å². The van der Waals surface area contributed by atoms with Crippen molar-refractivity contribution in [2.45, 2.75) is 36.0 Å². The minimum absolute atomic E-state index is 0.0381. The summed E-state index contributed by atoms with van der Waals surface area (Å²) in [6.45, 7) is -0.385. The minimum Gasteiger partial charge on any atom is -0.473 e. The van der Waals surface area contributed by atoms with Crippen LogP contribution in [0.25, 0.3) is 22.3 Å². The fraction of sp³-hybridized carbons (Fsp3) is 0.278. The molecule has 0 aromatic heterocycles. The van der Waals surface area contributed by atoms with Gasteiger partial charge < -0.3 is 29.2 Å². The zero-order valence-electron chi connectivity index (χ0n) is 24.5. The summed E-state index contributed by atoms with van der Waals surface area (Å²) >= 11 is 0. The number of hydrogen-bond donors (Lipinski definition) is 2. The fourth-order valence-corrected chi connectivity index (χ4v) is 6.92. The average molecular weight is 603 g/mol. The Bertz CT molecular complexity index is 1630. The van der Waals surface area contributed by atoms with Gasteiger partial charge in [-0.15, -0.1) is 0 Å². The van der Waals surface area contributed by atoms with Crippen molar-refractivity contribution in [2.24, 2.45) is 0 Å². The lowest BCUT2D eigenvalue weighted by Gasteiger charge is -2.38. The molecule has 0 saturated carbocycles. The van der Waals surface area contributed by atoms with E-state index in [-0.39, 0.29) is 31.7 Å². The summed E-state index contributed by atoms with van der Waals surface area (Å²) in [6, 6.07) is 32.1. The minimum atomic E-state index is -1.38. The molecule has 3 aliphatic rings. The van der Waals surface area contributed by atoms with Crippen LogP contribution in [-0.4, -0.2) is 74.3 Å². The molecule has 1 aliphatic heterocycles. The summed E-state index contributed by atoms with van der Waals surface area (Å²) in [7, 11) is 1.27. The Hall–Kier alpha value is -4.44. The maximum Gasteiger partial charge on any atom is 0.508 e. The molecule has 4 aromatic carbocycles. The smallest absolute Gasteiger partial charge is 0.473 e. The Balaban J connectivity index is 1.00. The molecule has 227 valence electrons. The van der Waals surface area contributed by atoms with Gasteiger partial charge in [0.25, 0.3) is 7.28 Å². The summed E-state index contributed by atoms with van der Waals surface area (Å²) in [5.74, 6) is -1.73. The van der Waals surface area contributed by atoms with Crippen molar-refractivity contribution in [2.75, 3.05) is 26.4 Å². The lowest BCUT2D eigenvalue weighted by Crippen LogP contribution is -2.53. The molecule has 1 heterocycles. The van der Waals surface area contributed by atoms with Crippen molar-refractivity contribution in [1.29, 1.82) is 0 Å². The number of carbonyl (C=O) groups is 2. The van der Waals surface area contributed by atoms with E-state index in [0.717, 1.165) is 44.5 Å². The molecule has 7 rings (SSSR count). The number of rotatable bonds is 8. The van der Waals surface area contributed by atoms with Crippen molar-refractivity contribution in [3.63, 3.8) is 0 Å². The normalized spacial score (nSPS) is 21.6. The van der Waals surface area contributed by atoms with Crippen LogP contribution in [-0.2, 0) is 18.9 Å². The van der Waals surface area contributed by atoms with Crippen LogP contribution in [0, 0.1) is 0 Å². The summed E-state index contributed by atoms with van der Waals surface area (Å²) in [5, 5.41) is 20.7. The van der Waals surface area contributed by atoms with E-state index in [9.17, 15) is 19.8 Å². The SMILES string of the molecule is O=C([B]C1COC(CO)C(O)[C@@H]1OC(=O)OCC1c2ccccc2-c2ccccc21)OCC1c2ccccc2-c2ccccc21. The fourth-order valence-electron chi connectivity index (χ4n) is 6.92. The van der Waals surface area contributed by atoms with Crippen molar-refractivity contribution in [1.82, 2.24) is 0 Å². The molecule has 2 aliphatic carbocycles. The van der Waals surface area contributed by atoms with Crippen LogP contribution >= 0.6 is 0 Å². The monoisotopic (exact) mass is 603 g/mol. The summed E-state index contributed by atoms with van der Waals surface area (Å²) in [5.41, 5.74) is 8.72. The first-order valence-electron chi connectivity index (χ1n) is 15.2. The molecule has 1 radical (unpaired) electrons. The predicted octanol–water partition coefficient (Wildman–Crippen LogP) is 5.51. The van der Waals surface area contributed by atoms with Gasteiger partial charge in [0.2, 0.25) is 5.87 Å². The van der Waals surface area contributed by atoms with Crippen molar-refractivity contribution in [3.05, 3.63) is 119 Å². The topological polar surface area (TPSA) is 112 Å². The highest BCUT2D eigenvalue weighted by Crippen LogP contribution is 2.46. The Morgan fingerprint density at radius 1 is 0.711 bits per heavy atom. The second kappa shape index (κ2) is 12.5. The number of benzene rings is 4. The second-order valence-electron chi connectivity index (χ2n) is 11.6. The van der Waals surface area contributed by atoms with E-state index in [1.807, 2.05) is 84.9 Å². The summed E-state index contributed by atoms with van der Waals surface area (Å²) in [6.07, 6.45) is -4.53. The van der Waals surface area contributed by atoms with E-state index in [4.69, 9.17) is 18.9 Å². The van der Waals surface area contributed by atoms with Gasteiger partial charge >= 0.3 is 6.16 Å². The zero-order valence-corrected chi connectivity index (χ0v) is 24.5. The third-order valence-corrected chi connectivity index (χ3v) is 9.09. The Morgan fingerprint density at radius 2 is 1.16 bits per heavy atom. The quantitative estimate of drug-likeness (QED) is 0.200. The van der Waals surface area contributed by atoms with E-state index in [2.05, 4.69) is 12.1 Å². The number of hydrogen-bond acceptors (Lipinski definition) is 8. The van der Waals surface area contributed by atoms with Gasteiger partial charge in [0.05, 0.1) is 6.61 Å². The van der Waals surface area contributed by atoms with Gasteiger partial charge in [-0.25, -0.2) is 4.79 Å². The van der Waals surface area contributed by atoms with Crippen LogP contribution in [0.1, 0.15) is 34.1 Å². The van der Waals surface area contributed by atoms with Crippen LogP contribution in [0.4, 0.5) is 9.59 Å². The van der Waals surface area contributed by atoms with Crippen LogP contribution in [0.3, 0.4) is 0 Å². The van der Waals surface area contributed by atoms with Crippen LogP contribution in [0.5, 0.6) is 0 Å².